The molecule has 0 unspecified atom stereocenters. The van der Waals surface area contributed by atoms with Crippen molar-refractivity contribution in [1.82, 2.24) is 0 Å². The summed E-state index contributed by atoms with van der Waals surface area (Å²) in [6.07, 6.45) is 1.32. The van der Waals surface area contributed by atoms with Crippen molar-refractivity contribution in [3.8, 4) is 0 Å². The summed E-state index contributed by atoms with van der Waals surface area (Å²) < 4.78 is 4.50. The van der Waals surface area contributed by atoms with Gasteiger partial charge in [0.05, 0.1) is 6.26 Å². The van der Waals surface area contributed by atoms with Gasteiger partial charge in [-0.3, -0.25) is 0 Å². The maximum Gasteiger partial charge on any atom is 0.371 e. The van der Waals surface area contributed by atoms with Crippen LogP contribution in [0.4, 0.5) is 0 Å². The summed E-state index contributed by atoms with van der Waals surface area (Å²) in [4.78, 5) is 9.97. The van der Waals surface area contributed by atoms with Crippen LogP contribution in [0.5, 0.6) is 0 Å². The third kappa shape index (κ3) is 2.92. The van der Waals surface area contributed by atoms with E-state index < -0.39 is 5.97 Å². The summed E-state index contributed by atoms with van der Waals surface area (Å²) in [5.41, 5.74) is 0. The number of hydrogen-bond acceptors (Lipinski definition) is 2. The van der Waals surface area contributed by atoms with Gasteiger partial charge in [0.1, 0.15) is 0 Å². The maximum absolute atomic E-state index is 9.97. The molecular formula is C5H4CsO3. The molecule has 43 valence electrons. The number of carboxylic acids is 1. The molecule has 1 aromatic heterocycles. The first-order chi connectivity index (χ1) is 3.80. The van der Waals surface area contributed by atoms with Gasteiger partial charge in [-0.1, -0.05) is 0 Å². The number of furan rings is 1. The van der Waals surface area contributed by atoms with E-state index in [0.29, 0.717) is 0 Å². The molecule has 0 saturated carbocycles. The fraction of sp³-hybridized carbons (Fsp3) is 0. The van der Waals surface area contributed by atoms with Gasteiger partial charge in [0.15, 0.2) is 0 Å². The molecule has 1 aromatic rings. The van der Waals surface area contributed by atoms with Gasteiger partial charge in [-0.05, 0) is 12.1 Å². The number of rotatable bonds is 1. The monoisotopic (exact) mass is 245 g/mol. The predicted molar refractivity (Wildman–Crippen MR) is 31.4 cm³/mol. The summed E-state index contributed by atoms with van der Waals surface area (Å²) in [7, 11) is 0. The summed E-state index contributed by atoms with van der Waals surface area (Å²) in [5, 5.41) is 8.18. The van der Waals surface area contributed by atoms with Crippen LogP contribution >= 0.6 is 0 Å². The van der Waals surface area contributed by atoms with Crippen LogP contribution in [0.15, 0.2) is 22.8 Å². The van der Waals surface area contributed by atoms with Crippen LogP contribution in [0.1, 0.15) is 10.6 Å². The van der Waals surface area contributed by atoms with E-state index in [0.717, 1.165) is 0 Å². The third-order valence-corrected chi connectivity index (χ3v) is 0.732. The Hall–Kier alpha value is 0.802. The molecule has 0 amide bonds. The van der Waals surface area contributed by atoms with Crippen molar-refractivity contribution >= 4 is 74.9 Å². The van der Waals surface area contributed by atoms with Gasteiger partial charge in [0, 0.05) is 68.9 Å². The molecule has 0 fully saturated rings. The summed E-state index contributed by atoms with van der Waals surface area (Å²) in [5.74, 6) is -1.06. The second-order valence-corrected chi connectivity index (χ2v) is 1.28. The minimum Gasteiger partial charge on any atom is -0.475 e. The van der Waals surface area contributed by atoms with Gasteiger partial charge in [-0.25, -0.2) is 4.79 Å². The first kappa shape index (κ1) is 9.80. The quantitative estimate of drug-likeness (QED) is 0.787. The number of carbonyl (C=O) groups is 1. The third-order valence-electron chi connectivity index (χ3n) is 0.732. The van der Waals surface area contributed by atoms with Crippen molar-refractivity contribution in [2.45, 2.75) is 0 Å². The van der Waals surface area contributed by atoms with E-state index in [9.17, 15) is 4.79 Å². The van der Waals surface area contributed by atoms with Gasteiger partial charge in [0.2, 0.25) is 5.76 Å². The molecule has 3 nitrogen and oxygen atoms in total. The zero-order chi connectivity index (χ0) is 5.98. The molecular weight excluding hydrogens is 241 g/mol. The Labute approximate surface area is 111 Å². The van der Waals surface area contributed by atoms with E-state index in [2.05, 4.69) is 4.42 Å². The zero-order valence-electron chi connectivity index (χ0n) is 5.00. The molecule has 1 N–H and O–H groups in total. The smallest absolute Gasteiger partial charge is 0.371 e. The Morgan fingerprint density at radius 3 is 2.56 bits per heavy atom. The topological polar surface area (TPSA) is 50.4 Å². The fourth-order valence-corrected chi connectivity index (χ4v) is 0.400. The van der Waals surface area contributed by atoms with Gasteiger partial charge in [-0.15, -0.1) is 0 Å². The van der Waals surface area contributed by atoms with Crippen LogP contribution in [0.2, 0.25) is 0 Å². The van der Waals surface area contributed by atoms with Crippen LogP contribution in [-0.2, 0) is 0 Å². The second-order valence-electron chi connectivity index (χ2n) is 1.28. The summed E-state index contributed by atoms with van der Waals surface area (Å²) in [6.45, 7) is 0. The van der Waals surface area contributed by atoms with Gasteiger partial charge >= 0.3 is 5.97 Å². The molecule has 0 atom stereocenters. The largest absolute Gasteiger partial charge is 0.475 e. The molecule has 4 heteroatoms. The van der Waals surface area contributed by atoms with Gasteiger partial charge in [0.25, 0.3) is 0 Å². The minimum absolute atomic E-state index is 0. The summed E-state index contributed by atoms with van der Waals surface area (Å²) >= 11 is 0. The van der Waals surface area contributed by atoms with E-state index >= 15 is 0 Å². The molecule has 0 aliphatic carbocycles. The van der Waals surface area contributed by atoms with Crippen LogP contribution in [0.25, 0.3) is 0 Å². The molecule has 0 spiro atoms. The molecule has 0 saturated heterocycles. The van der Waals surface area contributed by atoms with E-state index in [-0.39, 0.29) is 74.7 Å². The standard InChI is InChI=1S/C5H4O3.Cs/c6-5(7)4-2-1-3-8-4;/h1-3H,(H,6,7);. The van der Waals surface area contributed by atoms with Crippen molar-refractivity contribution in [3.05, 3.63) is 24.2 Å². The minimum atomic E-state index is -1.03. The average molecular weight is 245 g/mol. The molecule has 9 heavy (non-hydrogen) atoms. The van der Waals surface area contributed by atoms with E-state index in [1.54, 1.807) is 0 Å². The first-order valence-corrected chi connectivity index (χ1v) is 2.07. The zero-order valence-corrected chi connectivity index (χ0v) is 11.3. The van der Waals surface area contributed by atoms with Crippen LogP contribution < -0.4 is 0 Å². The Balaban J connectivity index is 0.000000640. The molecule has 1 radical (unpaired) electrons. The van der Waals surface area contributed by atoms with Crippen LogP contribution in [0, 0.1) is 0 Å². The fourth-order valence-electron chi connectivity index (χ4n) is 0.400. The molecule has 0 aliphatic heterocycles. The normalized spacial score (nSPS) is 8.00. The van der Waals surface area contributed by atoms with E-state index in [1.165, 1.54) is 18.4 Å². The predicted octanol–water partition coefficient (Wildman–Crippen LogP) is 0.597. The number of aromatic carboxylic acids is 1. The summed E-state index contributed by atoms with van der Waals surface area (Å²) in [6, 6.07) is 2.92. The Kier molecular flexibility index (Phi) is 5.00. The SMILES string of the molecule is O=C(O)c1ccco1.[Cs]. The number of hydrogen-bond donors (Lipinski definition) is 1. The number of carboxylic acid groups (broad SMARTS) is 1. The van der Waals surface area contributed by atoms with Gasteiger partial charge < -0.3 is 9.52 Å². The molecule has 0 bridgehead atoms. The average Bonchev–Trinajstić information content (AvgIpc) is 2.12. The van der Waals surface area contributed by atoms with Gasteiger partial charge in [-0.2, -0.15) is 0 Å². The van der Waals surface area contributed by atoms with E-state index in [4.69, 9.17) is 5.11 Å². The van der Waals surface area contributed by atoms with Crippen molar-refractivity contribution in [3.63, 3.8) is 0 Å². The van der Waals surface area contributed by atoms with Crippen LogP contribution in [-0.4, -0.2) is 80.0 Å². The van der Waals surface area contributed by atoms with Crippen molar-refractivity contribution < 1.29 is 14.3 Å². The Morgan fingerprint density at radius 2 is 2.33 bits per heavy atom. The van der Waals surface area contributed by atoms with Crippen molar-refractivity contribution in [2.75, 3.05) is 0 Å². The molecule has 0 aromatic carbocycles. The Morgan fingerprint density at radius 1 is 1.67 bits per heavy atom. The maximum atomic E-state index is 9.97. The van der Waals surface area contributed by atoms with Crippen LogP contribution in [0.3, 0.4) is 0 Å². The first-order valence-electron chi connectivity index (χ1n) is 2.07. The molecule has 1 heterocycles. The second kappa shape index (κ2) is 4.59. The van der Waals surface area contributed by atoms with E-state index in [1.807, 2.05) is 0 Å². The van der Waals surface area contributed by atoms with Crippen molar-refractivity contribution in [2.24, 2.45) is 0 Å². The van der Waals surface area contributed by atoms with Crippen molar-refractivity contribution in [1.29, 1.82) is 0 Å². The molecule has 1 rings (SSSR count). The Bertz CT molecular complexity index is 180. The molecule has 0 aliphatic rings.